The lowest BCUT2D eigenvalue weighted by Gasteiger charge is -2.32. The van der Waals surface area contributed by atoms with Crippen LogP contribution in [0.4, 0.5) is 5.69 Å². The molecule has 2 heterocycles. The molecule has 0 radical (unpaired) electrons. The Morgan fingerprint density at radius 3 is 2.79 bits per heavy atom. The molecule has 4 aromatic rings. The maximum absolute atomic E-state index is 9.31. The maximum atomic E-state index is 9.31. The van der Waals surface area contributed by atoms with Gasteiger partial charge in [0.2, 0.25) is 0 Å². The molecule has 1 aromatic heterocycles. The molecule has 0 saturated carbocycles. The number of rotatable bonds is 4. The number of fused-ring (bicyclic) bond motifs is 4. The summed E-state index contributed by atoms with van der Waals surface area (Å²) < 4.78 is 8.00. The minimum Gasteiger partial charge on any atom is -0.491 e. The van der Waals surface area contributed by atoms with Crippen molar-refractivity contribution in [3.05, 3.63) is 77.5 Å². The van der Waals surface area contributed by atoms with Crippen molar-refractivity contribution in [2.75, 3.05) is 18.5 Å². The van der Waals surface area contributed by atoms with Crippen LogP contribution in [0.2, 0.25) is 0 Å². The van der Waals surface area contributed by atoms with E-state index in [9.17, 15) is 5.11 Å². The van der Waals surface area contributed by atoms with Gasteiger partial charge in [-0.05, 0) is 42.3 Å². The molecule has 5 nitrogen and oxygen atoms in total. The molecule has 0 bridgehead atoms. The molecule has 0 spiro atoms. The smallest absolute Gasteiger partial charge is 0.151 e. The van der Waals surface area contributed by atoms with Crippen molar-refractivity contribution in [3.63, 3.8) is 0 Å². The Morgan fingerprint density at radius 1 is 1.07 bits per heavy atom. The van der Waals surface area contributed by atoms with E-state index < -0.39 is 0 Å². The molecule has 146 valence electrons. The summed E-state index contributed by atoms with van der Waals surface area (Å²) in [6.45, 7) is 4.36. The zero-order valence-electron chi connectivity index (χ0n) is 16.5. The summed E-state index contributed by atoms with van der Waals surface area (Å²) in [4.78, 5) is 0. The lowest BCUT2D eigenvalue weighted by atomic mass is 9.97. The van der Waals surface area contributed by atoms with Crippen LogP contribution < -0.4 is 10.1 Å². The number of nitrogens with one attached hydrogen (secondary N) is 1. The van der Waals surface area contributed by atoms with Gasteiger partial charge in [-0.2, -0.15) is 5.10 Å². The van der Waals surface area contributed by atoms with E-state index in [1.165, 1.54) is 5.56 Å². The van der Waals surface area contributed by atoms with Gasteiger partial charge in [0.15, 0.2) is 6.17 Å². The van der Waals surface area contributed by atoms with Gasteiger partial charge in [0.05, 0.1) is 18.0 Å². The van der Waals surface area contributed by atoms with E-state index in [-0.39, 0.29) is 19.4 Å². The van der Waals surface area contributed by atoms with Crippen LogP contribution in [0.5, 0.6) is 5.75 Å². The summed E-state index contributed by atoms with van der Waals surface area (Å²) in [6, 6.07) is 20.8. The van der Waals surface area contributed by atoms with Gasteiger partial charge in [-0.15, -0.1) is 0 Å². The van der Waals surface area contributed by atoms with Crippen LogP contribution in [0.15, 0.2) is 60.7 Å². The Hall–Kier alpha value is -3.31. The summed E-state index contributed by atoms with van der Waals surface area (Å²) in [5, 5.41) is 20.1. The highest BCUT2D eigenvalue weighted by atomic mass is 16.5. The molecular weight excluding hydrogens is 362 g/mol. The summed E-state index contributed by atoms with van der Waals surface area (Å²) in [5.41, 5.74) is 6.54. The van der Waals surface area contributed by atoms with E-state index in [1.807, 2.05) is 29.8 Å². The zero-order valence-corrected chi connectivity index (χ0v) is 16.5. The van der Waals surface area contributed by atoms with Crippen molar-refractivity contribution in [1.82, 2.24) is 9.78 Å². The van der Waals surface area contributed by atoms with Crippen LogP contribution in [0, 0.1) is 13.8 Å². The Bertz CT molecular complexity index is 1210. The van der Waals surface area contributed by atoms with E-state index in [0.29, 0.717) is 0 Å². The van der Waals surface area contributed by atoms with Gasteiger partial charge in [0, 0.05) is 16.8 Å². The third kappa shape index (κ3) is 2.86. The summed E-state index contributed by atoms with van der Waals surface area (Å²) in [6.07, 6.45) is -0.216. The SMILES string of the molecule is Cc1cc2n(n1)[C@@H](c1c(OCCO)ccc3ccccc13)Nc1c(C)cccc1-2. The highest BCUT2D eigenvalue weighted by Crippen LogP contribution is 2.44. The standard InChI is InChI=1S/C24H23N3O2/c1-15-6-5-9-19-20-14-16(2)26-27(20)24(25-23(15)19)22-18-8-4-3-7-17(18)10-11-21(22)29-13-12-28/h3-11,14,24-25,28H,12-13H2,1-2H3/t24-/m0/s1. The molecule has 0 saturated heterocycles. The van der Waals surface area contributed by atoms with Crippen molar-refractivity contribution in [3.8, 4) is 17.0 Å². The monoisotopic (exact) mass is 385 g/mol. The minimum atomic E-state index is -0.216. The molecule has 0 fully saturated rings. The highest BCUT2D eigenvalue weighted by Gasteiger charge is 2.30. The largest absolute Gasteiger partial charge is 0.491 e. The summed E-state index contributed by atoms with van der Waals surface area (Å²) >= 11 is 0. The Kier molecular flexibility index (Phi) is 4.25. The normalized spacial score (nSPS) is 14.9. The highest BCUT2D eigenvalue weighted by molar-refractivity contribution is 5.90. The third-order valence-electron chi connectivity index (χ3n) is 5.49. The van der Waals surface area contributed by atoms with Crippen LogP contribution in [-0.2, 0) is 0 Å². The average molecular weight is 385 g/mol. The van der Waals surface area contributed by atoms with Gasteiger partial charge in [0.25, 0.3) is 0 Å². The molecule has 0 amide bonds. The first-order valence-electron chi connectivity index (χ1n) is 9.85. The lowest BCUT2D eigenvalue weighted by Crippen LogP contribution is -2.27. The van der Waals surface area contributed by atoms with Gasteiger partial charge in [0.1, 0.15) is 12.4 Å². The number of aromatic nitrogens is 2. The fraction of sp³-hybridized carbons (Fsp3) is 0.208. The first kappa shape index (κ1) is 17.8. The number of para-hydroxylation sites is 1. The van der Waals surface area contributed by atoms with Gasteiger partial charge >= 0.3 is 0 Å². The van der Waals surface area contributed by atoms with Gasteiger partial charge in [-0.1, -0.05) is 48.5 Å². The van der Waals surface area contributed by atoms with Crippen molar-refractivity contribution in [2.24, 2.45) is 0 Å². The summed E-state index contributed by atoms with van der Waals surface area (Å²) in [5.74, 6) is 0.756. The molecule has 5 rings (SSSR count). The van der Waals surface area contributed by atoms with Crippen molar-refractivity contribution >= 4 is 16.5 Å². The fourth-order valence-corrected chi connectivity index (χ4v) is 4.22. The van der Waals surface area contributed by atoms with E-state index in [2.05, 4.69) is 54.7 Å². The van der Waals surface area contributed by atoms with Crippen LogP contribution in [-0.4, -0.2) is 28.1 Å². The second-order valence-electron chi connectivity index (χ2n) is 7.43. The molecule has 2 N–H and O–H groups in total. The minimum absolute atomic E-state index is 0.0293. The second-order valence-corrected chi connectivity index (χ2v) is 7.43. The number of nitrogens with zero attached hydrogens (tertiary/aromatic N) is 2. The quantitative estimate of drug-likeness (QED) is 0.536. The molecule has 5 heteroatoms. The number of hydrogen-bond acceptors (Lipinski definition) is 4. The van der Waals surface area contributed by atoms with E-state index in [4.69, 9.17) is 9.84 Å². The molecule has 0 unspecified atom stereocenters. The topological polar surface area (TPSA) is 59.3 Å². The Balaban J connectivity index is 1.78. The van der Waals surface area contributed by atoms with Crippen LogP contribution >= 0.6 is 0 Å². The third-order valence-corrected chi connectivity index (χ3v) is 5.49. The maximum Gasteiger partial charge on any atom is 0.151 e. The molecule has 0 aliphatic carbocycles. The first-order chi connectivity index (χ1) is 14.2. The number of anilines is 1. The van der Waals surface area contributed by atoms with Crippen LogP contribution in [0.25, 0.3) is 22.0 Å². The Morgan fingerprint density at radius 2 is 1.93 bits per heavy atom. The first-order valence-corrected chi connectivity index (χ1v) is 9.85. The molecule has 1 aliphatic rings. The van der Waals surface area contributed by atoms with Gasteiger partial charge < -0.3 is 15.2 Å². The van der Waals surface area contributed by atoms with Crippen LogP contribution in [0.3, 0.4) is 0 Å². The molecular formula is C24H23N3O2. The van der Waals surface area contributed by atoms with Crippen molar-refractivity contribution in [2.45, 2.75) is 20.0 Å². The average Bonchev–Trinajstić information content (AvgIpc) is 3.13. The molecule has 1 atom stereocenters. The number of ether oxygens (including phenoxy) is 1. The fourth-order valence-electron chi connectivity index (χ4n) is 4.22. The predicted molar refractivity (Wildman–Crippen MR) is 115 cm³/mol. The predicted octanol–water partition coefficient (Wildman–Crippen LogP) is 4.66. The zero-order chi connectivity index (χ0) is 20.0. The van der Waals surface area contributed by atoms with Crippen molar-refractivity contribution in [1.29, 1.82) is 0 Å². The van der Waals surface area contributed by atoms with Crippen molar-refractivity contribution < 1.29 is 9.84 Å². The van der Waals surface area contributed by atoms with E-state index in [1.54, 1.807) is 0 Å². The number of aryl methyl sites for hydroxylation is 2. The molecule has 29 heavy (non-hydrogen) atoms. The lowest BCUT2D eigenvalue weighted by molar-refractivity contribution is 0.199. The second kappa shape index (κ2) is 6.94. The summed E-state index contributed by atoms with van der Waals surface area (Å²) in [7, 11) is 0. The molecule has 3 aromatic carbocycles. The number of benzene rings is 3. The Labute approximate surface area is 169 Å². The van der Waals surface area contributed by atoms with E-state index in [0.717, 1.165) is 44.7 Å². The van der Waals surface area contributed by atoms with Gasteiger partial charge in [-0.25, -0.2) is 4.68 Å². The number of hydrogen-bond donors (Lipinski definition) is 2. The van der Waals surface area contributed by atoms with Gasteiger partial charge in [-0.3, -0.25) is 0 Å². The van der Waals surface area contributed by atoms with E-state index >= 15 is 0 Å². The number of aliphatic hydroxyl groups is 1. The molecule has 1 aliphatic heterocycles. The van der Waals surface area contributed by atoms with Crippen LogP contribution in [0.1, 0.15) is 23.0 Å². The number of aliphatic hydroxyl groups excluding tert-OH is 1.